The van der Waals surface area contributed by atoms with Gasteiger partial charge in [-0.05, 0) is 0 Å². The fourth-order valence-electron chi connectivity index (χ4n) is 2.25. The number of nitrogens with two attached hydrogens (primary N) is 1. The van der Waals surface area contributed by atoms with Crippen LogP contribution in [0.3, 0.4) is 0 Å². The molecule has 0 bridgehead atoms. The summed E-state index contributed by atoms with van der Waals surface area (Å²) in [6, 6.07) is 0. The maximum atomic E-state index is 5.76. The van der Waals surface area contributed by atoms with Crippen LogP contribution in [0.2, 0.25) is 0 Å². The van der Waals surface area contributed by atoms with Crippen molar-refractivity contribution in [2.45, 2.75) is 13.0 Å². The molecule has 0 amide bonds. The Hall–Kier alpha value is -2.42. The Labute approximate surface area is 122 Å². The number of imidazole rings is 1. The fraction of sp³-hybridized carbons (Fsp3) is 0.500. The Kier molecular flexibility index (Phi) is 3.82. The summed E-state index contributed by atoms with van der Waals surface area (Å²) in [6.45, 7) is 2.68. The molecule has 0 spiro atoms. The van der Waals surface area contributed by atoms with Crippen molar-refractivity contribution in [1.29, 1.82) is 0 Å². The highest BCUT2D eigenvalue weighted by Crippen LogP contribution is 2.20. The van der Waals surface area contributed by atoms with Gasteiger partial charge in [-0.2, -0.15) is 15.0 Å². The van der Waals surface area contributed by atoms with E-state index in [1.54, 1.807) is 13.4 Å². The largest absolute Gasteiger partial charge is 0.383 e. The van der Waals surface area contributed by atoms with Crippen molar-refractivity contribution in [2.24, 2.45) is 0 Å². The van der Waals surface area contributed by atoms with E-state index in [0.29, 0.717) is 31.6 Å². The molecular formula is C12H18N8O. The van der Waals surface area contributed by atoms with E-state index < -0.39 is 0 Å². The molecule has 0 aliphatic carbocycles. The van der Waals surface area contributed by atoms with Crippen LogP contribution >= 0.6 is 0 Å². The van der Waals surface area contributed by atoms with Gasteiger partial charge >= 0.3 is 0 Å². The van der Waals surface area contributed by atoms with E-state index in [2.05, 4.69) is 35.1 Å². The second-order valence-corrected chi connectivity index (χ2v) is 4.74. The van der Waals surface area contributed by atoms with Gasteiger partial charge in [-0.1, -0.05) is 0 Å². The lowest BCUT2D eigenvalue weighted by atomic mass is 10.1. The van der Waals surface area contributed by atoms with Gasteiger partial charge in [0, 0.05) is 26.6 Å². The van der Waals surface area contributed by atoms with Crippen LogP contribution in [-0.4, -0.2) is 51.7 Å². The van der Waals surface area contributed by atoms with E-state index in [0.717, 1.165) is 24.4 Å². The van der Waals surface area contributed by atoms with Crippen LogP contribution in [0, 0.1) is 0 Å². The zero-order valence-corrected chi connectivity index (χ0v) is 11.8. The van der Waals surface area contributed by atoms with Gasteiger partial charge in [0.25, 0.3) is 0 Å². The van der Waals surface area contributed by atoms with Crippen molar-refractivity contribution in [3.8, 4) is 0 Å². The average Bonchev–Trinajstić information content (AvgIpc) is 2.94. The molecule has 9 nitrogen and oxygen atoms in total. The molecule has 0 unspecified atom stereocenters. The number of anilines is 3. The van der Waals surface area contributed by atoms with Crippen molar-refractivity contribution >= 4 is 17.8 Å². The zero-order chi connectivity index (χ0) is 14.7. The Morgan fingerprint density at radius 1 is 1.43 bits per heavy atom. The van der Waals surface area contributed by atoms with Crippen molar-refractivity contribution in [3.63, 3.8) is 0 Å². The van der Waals surface area contributed by atoms with Crippen LogP contribution < -0.4 is 16.0 Å². The van der Waals surface area contributed by atoms with Crippen molar-refractivity contribution < 1.29 is 4.74 Å². The number of rotatable bonds is 5. The lowest BCUT2D eigenvalue weighted by Crippen LogP contribution is -2.32. The van der Waals surface area contributed by atoms with Gasteiger partial charge < -0.3 is 25.7 Å². The Morgan fingerprint density at radius 2 is 2.33 bits per heavy atom. The first kappa shape index (κ1) is 13.6. The smallest absolute Gasteiger partial charge is 0.232 e. The summed E-state index contributed by atoms with van der Waals surface area (Å²) >= 11 is 0. The van der Waals surface area contributed by atoms with Crippen LogP contribution in [0.15, 0.2) is 6.33 Å². The average molecular weight is 290 g/mol. The molecule has 9 heteroatoms. The molecule has 2 aromatic rings. The first-order valence-electron chi connectivity index (χ1n) is 6.76. The standard InChI is InChI=1S/C12H18N8O/c1-21-5-3-14-11-17-10(13)18-12(19-11)20-4-2-8-9(6-20)16-7-15-8/h7H,2-6H2,1H3,(H,15,16)(H3,13,14,17,18,19). The summed E-state index contributed by atoms with van der Waals surface area (Å²) in [4.78, 5) is 22.2. The van der Waals surface area contributed by atoms with Crippen LogP contribution in [0.1, 0.15) is 11.4 Å². The minimum atomic E-state index is 0.204. The highest BCUT2D eigenvalue weighted by atomic mass is 16.5. The second-order valence-electron chi connectivity index (χ2n) is 4.74. The molecule has 3 heterocycles. The quantitative estimate of drug-likeness (QED) is 0.648. The SMILES string of the molecule is COCCNc1nc(N)nc(N2CCc3nc[nH]c3C2)n1. The Balaban J connectivity index is 1.76. The molecule has 0 saturated heterocycles. The van der Waals surface area contributed by atoms with E-state index in [1.807, 2.05) is 0 Å². The Bertz CT molecular complexity index is 613. The number of ether oxygens (including phenoxy) is 1. The summed E-state index contributed by atoms with van der Waals surface area (Å²) in [7, 11) is 1.64. The lowest BCUT2D eigenvalue weighted by Gasteiger charge is -2.26. The first-order chi connectivity index (χ1) is 10.3. The van der Waals surface area contributed by atoms with Crippen LogP contribution in [0.25, 0.3) is 0 Å². The predicted octanol–water partition coefficient (Wildman–Crippen LogP) is -0.202. The predicted molar refractivity (Wildman–Crippen MR) is 77.9 cm³/mol. The Morgan fingerprint density at radius 3 is 3.19 bits per heavy atom. The van der Waals surface area contributed by atoms with Crippen molar-refractivity contribution in [2.75, 3.05) is 42.8 Å². The summed E-state index contributed by atoms with van der Waals surface area (Å²) in [5.41, 5.74) is 7.96. The van der Waals surface area contributed by atoms with E-state index in [9.17, 15) is 0 Å². The molecule has 0 saturated carbocycles. The van der Waals surface area contributed by atoms with Crippen LogP contribution in [0.5, 0.6) is 0 Å². The number of nitrogens with zero attached hydrogens (tertiary/aromatic N) is 5. The molecule has 0 fully saturated rings. The van der Waals surface area contributed by atoms with E-state index >= 15 is 0 Å². The normalized spacial score (nSPS) is 14.0. The third-order valence-corrected chi connectivity index (χ3v) is 3.29. The van der Waals surface area contributed by atoms with Crippen molar-refractivity contribution in [1.82, 2.24) is 24.9 Å². The molecule has 0 aromatic carbocycles. The number of aromatic amines is 1. The number of hydrogen-bond donors (Lipinski definition) is 3. The molecule has 3 rings (SSSR count). The highest BCUT2D eigenvalue weighted by molar-refractivity contribution is 5.43. The van der Waals surface area contributed by atoms with Gasteiger partial charge in [0.15, 0.2) is 0 Å². The van der Waals surface area contributed by atoms with Gasteiger partial charge in [0.2, 0.25) is 17.8 Å². The topological polar surface area (TPSA) is 118 Å². The van der Waals surface area contributed by atoms with Gasteiger partial charge in [-0.3, -0.25) is 0 Å². The number of hydrogen-bond acceptors (Lipinski definition) is 8. The summed E-state index contributed by atoms with van der Waals surface area (Å²) in [6.07, 6.45) is 2.57. The molecule has 21 heavy (non-hydrogen) atoms. The number of H-pyrrole nitrogens is 1. The van der Waals surface area contributed by atoms with Crippen LogP contribution in [0.4, 0.5) is 17.8 Å². The number of nitrogens with one attached hydrogen (secondary N) is 2. The lowest BCUT2D eigenvalue weighted by molar-refractivity contribution is 0.210. The van der Waals surface area contributed by atoms with E-state index in [4.69, 9.17) is 10.5 Å². The summed E-state index contributed by atoms with van der Waals surface area (Å²) in [5.74, 6) is 1.24. The van der Waals surface area contributed by atoms with Gasteiger partial charge in [-0.25, -0.2) is 4.98 Å². The zero-order valence-electron chi connectivity index (χ0n) is 11.8. The molecule has 1 aliphatic rings. The number of methoxy groups -OCH3 is 1. The monoisotopic (exact) mass is 290 g/mol. The highest BCUT2D eigenvalue weighted by Gasteiger charge is 2.21. The molecule has 0 radical (unpaired) electrons. The summed E-state index contributed by atoms with van der Waals surface area (Å²) < 4.78 is 4.98. The van der Waals surface area contributed by atoms with Gasteiger partial charge in [-0.15, -0.1) is 0 Å². The number of fused-ring (bicyclic) bond motifs is 1. The molecule has 2 aromatic heterocycles. The van der Waals surface area contributed by atoms with E-state index in [1.165, 1.54) is 0 Å². The second kappa shape index (κ2) is 5.92. The summed E-state index contributed by atoms with van der Waals surface area (Å²) in [5, 5.41) is 3.07. The number of aromatic nitrogens is 5. The first-order valence-corrected chi connectivity index (χ1v) is 6.76. The van der Waals surface area contributed by atoms with Gasteiger partial charge in [0.05, 0.1) is 30.9 Å². The minimum absolute atomic E-state index is 0.204. The third-order valence-electron chi connectivity index (χ3n) is 3.29. The van der Waals surface area contributed by atoms with Crippen molar-refractivity contribution in [3.05, 3.63) is 17.7 Å². The van der Waals surface area contributed by atoms with Gasteiger partial charge in [0.1, 0.15) is 0 Å². The molecule has 112 valence electrons. The van der Waals surface area contributed by atoms with Crippen LogP contribution in [-0.2, 0) is 17.7 Å². The fourth-order valence-corrected chi connectivity index (χ4v) is 2.25. The molecular weight excluding hydrogens is 272 g/mol. The molecule has 0 atom stereocenters. The maximum Gasteiger partial charge on any atom is 0.232 e. The van der Waals surface area contributed by atoms with E-state index in [-0.39, 0.29) is 5.95 Å². The maximum absolute atomic E-state index is 5.76. The molecule has 1 aliphatic heterocycles. The minimum Gasteiger partial charge on any atom is -0.383 e. The molecule has 4 N–H and O–H groups in total. The number of nitrogen functional groups attached to an aromatic ring is 1. The third kappa shape index (κ3) is 3.02.